The minimum absolute atomic E-state index is 0.349. The average Bonchev–Trinajstić information content (AvgIpc) is 3.01. The summed E-state index contributed by atoms with van der Waals surface area (Å²) < 4.78 is 2.43. The normalized spacial score (nSPS) is 17.4. The summed E-state index contributed by atoms with van der Waals surface area (Å²) >= 11 is 0. The van der Waals surface area contributed by atoms with Gasteiger partial charge in [-0.25, -0.2) is 0 Å². The minimum atomic E-state index is 0.349. The summed E-state index contributed by atoms with van der Waals surface area (Å²) in [5.74, 6) is 0.349. The Morgan fingerprint density at radius 2 is 1.58 bits per heavy atom. The Balaban J connectivity index is 2.02. The van der Waals surface area contributed by atoms with E-state index in [-0.39, 0.29) is 0 Å². The average molecular weight is 251 g/mol. The largest absolute Gasteiger partial charge is 0.347 e. The molecule has 0 fully saturated rings. The van der Waals surface area contributed by atoms with Gasteiger partial charge in [0.1, 0.15) is 0 Å². The van der Waals surface area contributed by atoms with E-state index in [0.29, 0.717) is 5.78 Å². The highest BCUT2D eigenvalue weighted by molar-refractivity contribution is 6.05. The van der Waals surface area contributed by atoms with Crippen molar-refractivity contribution >= 4 is 5.78 Å². The Morgan fingerprint density at radius 1 is 0.842 bits per heavy atom. The molecular weight excluding hydrogens is 234 g/mol. The molecule has 2 aromatic rings. The summed E-state index contributed by atoms with van der Waals surface area (Å²) in [4.78, 5) is 12.4. The van der Waals surface area contributed by atoms with Crippen molar-refractivity contribution in [2.24, 2.45) is 0 Å². The number of nitrogens with zero attached hydrogens (tertiary/aromatic N) is 1. The van der Waals surface area contributed by atoms with Crippen molar-refractivity contribution in [3.05, 3.63) is 47.3 Å². The summed E-state index contributed by atoms with van der Waals surface area (Å²) in [6.45, 7) is 1.10. The first kappa shape index (κ1) is 11.0. The van der Waals surface area contributed by atoms with Crippen LogP contribution in [-0.4, -0.2) is 10.4 Å². The first-order valence-corrected chi connectivity index (χ1v) is 7.19. The molecule has 1 aliphatic heterocycles. The van der Waals surface area contributed by atoms with Gasteiger partial charge in [0.25, 0.3) is 0 Å². The van der Waals surface area contributed by atoms with Crippen LogP contribution in [0, 0.1) is 0 Å². The second-order valence-corrected chi connectivity index (χ2v) is 5.54. The van der Waals surface area contributed by atoms with E-state index in [9.17, 15) is 4.79 Å². The Kier molecular flexibility index (Phi) is 2.37. The van der Waals surface area contributed by atoms with Crippen molar-refractivity contribution in [3.8, 4) is 11.1 Å². The number of carbonyl (C=O) groups excluding carboxylic acids is 1. The fraction of sp³-hybridized carbons (Fsp3) is 0.353. The Morgan fingerprint density at radius 3 is 2.42 bits per heavy atom. The third-order valence-corrected chi connectivity index (χ3v) is 4.43. The lowest BCUT2D eigenvalue weighted by molar-refractivity contribution is 0.0972. The lowest BCUT2D eigenvalue weighted by atomic mass is 9.89. The molecule has 0 N–H and O–H groups in total. The van der Waals surface area contributed by atoms with Gasteiger partial charge in [-0.15, -0.1) is 0 Å². The molecule has 0 amide bonds. The van der Waals surface area contributed by atoms with E-state index < -0.39 is 0 Å². The van der Waals surface area contributed by atoms with Crippen LogP contribution >= 0.6 is 0 Å². The molecule has 4 rings (SSSR count). The maximum atomic E-state index is 12.4. The van der Waals surface area contributed by atoms with Crippen molar-refractivity contribution in [3.63, 3.8) is 0 Å². The van der Waals surface area contributed by atoms with Crippen molar-refractivity contribution in [2.45, 2.75) is 38.6 Å². The zero-order valence-electron chi connectivity index (χ0n) is 11.0. The van der Waals surface area contributed by atoms with Gasteiger partial charge < -0.3 is 4.57 Å². The van der Waals surface area contributed by atoms with E-state index in [0.717, 1.165) is 37.8 Å². The van der Waals surface area contributed by atoms with Crippen molar-refractivity contribution in [1.82, 2.24) is 4.57 Å². The molecule has 0 unspecified atom stereocenters. The van der Waals surface area contributed by atoms with Gasteiger partial charge in [-0.2, -0.15) is 0 Å². The van der Waals surface area contributed by atoms with E-state index in [1.165, 1.54) is 28.9 Å². The van der Waals surface area contributed by atoms with Gasteiger partial charge in [0.05, 0.1) is 0 Å². The van der Waals surface area contributed by atoms with Crippen LogP contribution < -0.4 is 0 Å². The van der Waals surface area contributed by atoms with Gasteiger partial charge >= 0.3 is 0 Å². The van der Waals surface area contributed by atoms with Crippen LogP contribution in [0.25, 0.3) is 11.1 Å². The molecule has 96 valence electrons. The summed E-state index contributed by atoms with van der Waals surface area (Å²) in [7, 11) is 0. The molecule has 1 aromatic carbocycles. The molecule has 1 aliphatic carbocycles. The summed E-state index contributed by atoms with van der Waals surface area (Å²) in [6.07, 6.45) is 5.14. The number of carbonyl (C=O) groups is 1. The van der Waals surface area contributed by atoms with Crippen LogP contribution in [0.15, 0.2) is 30.3 Å². The van der Waals surface area contributed by atoms with E-state index in [4.69, 9.17) is 0 Å². The van der Waals surface area contributed by atoms with E-state index in [1.807, 2.05) is 6.07 Å². The smallest absolute Gasteiger partial charge is 0.165 e. The number of fused-ring (bicyclic) bond motifs is 3. The number of hydrogen-bond acceptors (Lipinski definition) is 1. The Bertz CT molecular complexity index is 652. The highest BCUT2D eigenvalue weighted by atomic mass is 16.1. The van der Waals surface area contributed by atoms with Gasteiger partial charge in [-0.1, -0.05) is 30.3 Å². The highest BCUT2D eigenvalue weighted by Gasteiger charge is 2.31. The lowest BCUT2D eigenvalue weighted by Gasteiger charge is -2.14. The number of benzene rings is 1. The second-order valence-electron chi connectivity index (χ2n) is 5.54. The number of ketones is 1. The fourth-order valence-electron chi connectivity index (χ4n) is 3.67. The third-order valence-electron chi connectivity index (χ3n) is 4.43. The van der Waals surface area contributed by atoms with Crippen molar-refractivity contribution < 1.29 is 4.79 Å². The zero-order valence-corrected chi connectivity index (χ0v) is 11.0. The first-order valence-electron chi connectivity index (χ1n) is 7.19. The van der Waals surface area contributed by atoms with Gasteiger partial charge in [0.2, 0.25) is 0 Å². The molecule has 0 saturated heterocycles. The first-order chi connectivity index (χ1) is 9.36. The molecule has 0 atom stereocenters. The molecule has 0 bridgehead atoms. The predicted molar refractivity (Wildman–Crippen MR) is 75.5 cm³/mol. The topological polar surface area (TPSA) is 22.0 Å². The highest BCUT2D eigenvalue weighted by Crippen LogP contribution is 2.39. The molecule has 0 spiro atoms. The molecule has 0 saturated carbocycles. The summed E-state index contributed by atoms with van der Waals surface area (Å²) in [5.41, 5.74) is 6.18. The molecule has 1 aromatic heterocycles. The Hall–Kier alpha value is -1.83. The number of Topliss-reactive ketones (excluding diaryl/α,β-unsaturated/α-hetero) is 1. The zero-order chi connectivity index (χ0) is 12.8. The molecule has 2 nitrogen and oxygen atoms in total. The second kappa shape index (κ2) is 4.09. The molecule has 19 heavy (non-hydrogen) atoms. The number of rotatable bonds is 1. The van der Waals surface area contributed by atoms with Crippen LogP contribution in [0.5, 0.6) is 0 Å². The SMILES string of the molecule is O=C1CCCc2c1c(-c1ccccc1)c1n2CCC1. The predicted octanol–water partition coefficient (Wildman–Crippen LogP) is 3.62. The maximum absolute atomic E-state index is 12.4. The van der Waals surface area contributed by atoms with Crippen LogP contribution in [0.4, 0.5) is 0 Å². The van der Waals surface area contributed by atoms with Crippen molar-refractivity contribution in [2.75, 3.05) is 0 Å². The van der Waals surface area contributed by atoms with Gasteiger partial charge in [-0.05, 0) is 31.2 Å². The molecular formula is C17H17NO. The van der Waals surface area contributed by atoms with Crippen LogP contribution in [0.3, 0.4) is 0 Å². The quantitative estimate of drug-likeness (QED) is 0.758. The molecule has 0 radical (unpaired) electrons. The standard InChI is InChI=1S/C17H17NO/c19-15-10-4-8-14-17(15)16(12-6-2-1-3-7-12)13-9-5-11-18(13)14/h1-3,6-7H,4-5,8-11H2. The molecule has 2 aliphatic rings. The van der Waals surface area contributed by atoms with Gasteiger partial charge in [-0.3, -0.25) is 4.79 Å². The van der Waals surface area contributed by atoms with Crippen LogP contribution in [-0.2, 0) is 19.4 Å². The van der Waals surface area contributed by atoms with Gasteiger partial charge in [0, 0.05) is 35.5 Å². The van der Waals surface area contributed by atoms with Gasteiger partial charge in [0.15, 0.2) is 5.78 Å². The lowest BCUT2D eigenvalue weighted by Crippen LogP contribution is -2.13. The third kappa shape index (κ3) is 1.52. The molecule has 2 heteroatoms. The van der Waals surface area contributed by atoms with Crippen LogP contribution in [0.1, 0.15) is 41.0 Å². The van der Waals surface area contributed by atoms with Crippen LogP contribution in [0.2, 0.25) is 0 Å². The van der Waals surface area contributed by atoms with E-state index in [1.54, 1.807) is 0 Å². The minimum Gasteiger partial charge on any atom is -0.347 e. The van der Waals surface area contributed by atoms with Crippen molar-refractivity contribution in [1.29, 1.82) is 0 Å². The number of hydrogen-bond donors (Lipinski definition) is 0. The fourth-order valence-corrected chi connectivity index (χ4v) is 3.67. The maximum Gasteiger partial charge on any atom is 0.165 e. The van der Waals surface area contributed by atoms with E-state index >= 15 is 0 Å². The number of aromatic nitrogens is 1. The van der Waals surface area contributed by atoms with E-state index in [2.05, 4.69) is 28.8 Å². The Labute approximate surface area is 113 Å². The summed E-state index contributed by atoms with van der Waals surface area (Å²) in [6, 6.07) is 10.4. The monoisotopic (exact) mass is 251 g/mol. The summed E-state index contributed by atoms with van der Waals surface area (Å²) in [5, 5.41) is 0. The molecule has 2 heterocycles.